The Morgan fingerprint density at radius 1 is 1.20 bits per heavy atom. The van der Waals surface area contributed by atoms with E-state index in [9.17, 15) is 13.9 Å². The summed E-state index contributed by atoms with van der Waals surface area (Å²) in [5.41, 5.74) is 1.53. The molecule has 2 nitrogen and oxygen atoms in total. The average molecular weight is 342 g/mol. The second kappa shape index (κ2) is 6.33. The Labute approximate surface area is 124 Å². The molecule has 0 heterocycles. The Balaban J connectivity index is 2.08. The summed E-state index contributed by atoms with van der Waals surface area (Å²) in [6, 6.07) is 9.12. The maximum absolute atomic E-state index is 13.5. The lowest BCUT2D eigenvalue weighted by Gasteiger charge is -2.15. The van der Waals surface area contributed by atoms with Crippen LogP contribution in [0.1, 0.15) is 17.2 Å². The molecular weight excluding hydrogens is 328 g/mol. The van der Waals surface area contributed by atoms with Crippen LogP contribution in [-0.2, 0) is 0 Å². The molecule has 0 fully saturated rings. The number of benzene rings is 2. The lowest BCUT2D eigenvalue weighted by molar-refractivity contribution is 0.181. The van der Waals surface area contributed by atoms with Crippen LogP contribution in [0, 0.1) is 18.6 Å². The molecule has 0 saturated heterocycles. The summed E-state index contributed by atoms with van der Waals surface area (Å²) in [5.74, 6) is -1.49. The van der Waals surface area contributed by atoms with Gasteiger partial charge in [0, 0.05) is 16.7 Å². The molecule has 0 bridgehead atoms. The van der Waals surface area contributed by atoms with Gasteiger partial charge in [-0.1, -0.05) is 28.1 Å². The molecule has 0 aromatic heterocycles. The van der Waals surface area contributed by atoms with E-state index in [-0.39, 0.29) is 12.1 Å². The monoisotopic (exact) mass is 341 g/mol. The molecular formula is C15H14BrF2NO. The fourth-order valence-electron chi connectivity index (χ4n) is 1.85. The summed E-state index contributed by atoms with van der Waals surface area (Å²) in [6.07, 6.45) is -1.25. The number of halogens is 3. The van der Waals surface area contributed by atoms with Gasteiger partial charge in [-0.3, -0.25) is 0 Å². The average Bonchev–Trinajstić information content (AvgIpc) is 2.40. The zero-order valence-corrected chi connectivity index (χ0v) is 12.4. The van der Waals surface area contributed by atoms with E-state index in [2.05, 4.69) is 21.2 Å². The van der Waals surface area contributed by atoms with E-state index in [4.69, 9.17) is 0 Å². The second-order valence-electron chi connectivity index (χ2n) is 4.50. The van der Waals surface area contributed by atoms with Gasteiger partial charge in [-0.25, -0.2) is 8.78 Å². The molecule has 2 aromatic rings. The van der Waals surface area contributed by atoms with Crippen molar-refractivity contribution in [1.82, 2.24) is 0 Å². The summed E-state index contributed by atoms with van der Waals surface area (Å²) in [7, 11) is 0. The van der Waals surface area contributed by atoms with Crippen molar-refractivity contribution < 1.29 is 13.9 Å². The number of rotatable bonds is 4. The van der Waals surface area contributed by atoms with Gasteiger partial charge in [0.2, 0.25) is 0 Å². The smallest absolute Gasteiger partial charge is 0.132 e. The van der Waals surface area contributed by atoms with Gasteiger partial charge in [0.15, 0.2) is 0 Å². The van der Waals surface area contributed by atoms with Crippen molar-refractivity contribution in [3.05, 3.63) is 63.6 Å². The van der Waals surface area contributed by atoms with Crippen LogP contribution in [0.4, 0.5) is 14.5 Å². The number of aliphatic hydroxyl groups is 1. The zero-order chi connectivity index (χ0) is 14.7. The van der Waals surface area contributed by atoms with E-state index >= 15 is 0 Å². The number of nitrogens with one attached hydrogen (secondary N) is 1. The SMILES string of the molecule is Cc1ccc(NCC(O)c2c(F)cccc2F)cc1Br. The van der Waals surface area contributed by atoms with Crippen molar-refractivity contribution in [2.45, 2.75) is 13.0 Å². The first-order valence-corrected chi connectivity index (χ1v) is 6.90. The van der Waals surface area contributed by atoms with Crippen LogP contribution < -0.4 is 5.32 Å². The van der Waals surface area contributed by atoms with Crippen molar-refractivity contribution >= 4 is 21.6 Å². The van der Waals surface area contributed by atoms with Crippen molar-refractivity contribution in [2.24, 2.45) is 0 Å². The Morgan fingerprint density at radius 3 is 2.45 bits per heavy atom. The fourth-order valence-corrected chi connectivity index (χ4v) is 2.23. The van der Waals surface area contributed by atoms with Gasteiger partial charge in [-0.2, -0.15) is 0 Å². The van der Waals surface area contributed by atoms with Crippen LogP contribution >= 0.6 is 15.9 Å². The van der Waals surface area contributed by atoms with E-state index in [1.165, 1.54) is 6.07 Å². The predicted molar refractivity (Wildman–Crippen MR) is 78.7 cm³/mol. The second-order valence-corrected chi connectivity index (χ2v) is 5.35. The van der Waals surface area contributed by atoms with Gasteiger partial charge in [0.25, 0.3) is 0 Å². The first kappa shape index (κ1) is 14.9. The number of hydrogen-bond donors (Lipinski definition) is 2. The maximum Gasteiger partial charge on any atom is 0.132 e. The largest absolute Gasteiger partial charge is 0.386 e. The van der Waals surface area contributed by atoms with Crippen LogP contribution in [0.5, 0.6) is 0 Å². The Kier molecular flexibility index (Phi) is 4.73. The molecule has 2 N–H and O–H groups in total. The number of anilines is 1. The van der Waals surface area contributed by atoms with E-state index in [1.54, 1.807) is 0 Å². The van der Waals surface area contributed by atoms with Crippen LogP contribution in [0.3, 0.4) is 0 Å². The molecule has 1 unspecified atom stereocenters. The Morgan fingerprint density at radius 2 is 1.85 bits per heavy atom. The minimum atomic E-state index is -1.25. The summed E-state index contributed by atoms with van der Waals surface area (Å²) < 4.78 is 27.9. The summed E-state index contributed by atoms with van der Waals surface area (Å²) in [6.45, 7) is 1.98. The first-order valence-electron chi connectivity index (χ1n) is 6.11. The zero-order valence-electron chi connectivity index (χ0n) is 10.8. The predicted octanol–water partition coefficient (Wildman–Crippen LogP) is 4.18. The third-order valence-electron chi connectivity index (χ3n) is 3.00. The van der Waals surface area contributed by atoms with Gasteiger partial charge < -0.3 is 10.4 Å². The lowest BCUT2D eigenvalue weighted by atomic mass is 10.1. The van der Waals surface area contributed by atoms with E-state index in [0.29, 0.717) is 0 Å². The molecule has 0 amide bonds. The van der Waals surface area contributed by atoms with Crippen molar-refractivity contribution in [3.8, 4) is 0 Å². The van der Waals surface area contributed by atoms with E-state index in [0.717, 1.165) is 27.9 Å². The normalized spacial score (nSPS) is 12.2. The highest BCUT2D eigenvalue weighted by atomic mass is 79.9. The van der Waals surface area contributed by atoms with Gasteiger partial charge in [0.05, 0.1) is 5.56 Å². The van der Waals surface area contributed by atoms with E-state index in [1.807, 2.05) is 25.1 Å². The van der Waals surface area contributed by atoms with Crippen LogP contribution in [0.2, 0.25) is 0 Å². The molecule has 0 aliphatic heterocycles. The minimum Gasteiger partial charge on any atom is -0.386 e. The molecule has 2 rings (SSSR count). The highest BCUT2D eigenvalue weighted by Gasteiger charge is 2.17. The van der Waals surface area contributed by atoms with Gasteiger partial charge in [0.1, 0.15) is 17.7 Å². The molecule has 0 spiro atoms. The molecule has 1 atom stereocenters. The summed E-state index contributed by atoms with van der Waals surface area (Å²) in [5, 5.41) is 12.9. The van der Waals surface area contributed by atoms with Gasteiger partial charge in [-0.15, -0.1) is 0 Å². The Hall–Kier alpha value is -1.46. The van der Waals surface area contributed by atoms with Gasteiger partial charge >= 0.3 is 0 Å². The Bertz CT molecular complexity index is 599. The van der Waals surface area contributed by atoms with Crippen molar-refractivity contribution in [3.63, 3.8) is 0 Å². The van der Waals surface area contributed by atoms with Crippen LogP contribution in [-0.4, -0.2) is 11.7 Å². The number of aryl methyl sites for hydroxylation is 1. The lowest BCUT2D eigenvalue weighted by Crippen LogP contribution is -2.15. The highest BCUT2D eigenvalue weighted by Crippen LogP contribution is 2.23. The van der Waals surface area contributed by atoms with Crippen LogP contribution in [0.15, 0.2) is 40.9 Å². The molecule has 2 aromatic carbocycles. The molecule has 0 radical (unpaired) electrons. The number of hydrogen-bond acceptors (Lipinski definition) is 2. The highest BCUT2D eigenvalue weighted by molar-refractivity contribution is 9.10. The summed E-state index contributed by atoms with van der Waals surface area (Å²) >= 11 is 3.40. The molecule has 0 aliphatic carbocycles. The van der Waals surface area contributed by atoms with Crippen molar-refractivity contribution in [1.29, 1.82) is 0 Å². The fraction of sp³-hybridized carbons (Fsp3) is 0.200. The topological polar surface area (TPSA) is 32.3 Å². The van der Waals surface area contributed by atoms with Crippen LogP contribution in [0.25, 0.3) is 0 Å². The maximum atomic E-state index is 13.5. The molecule has 20 heavy (non-hydrogen) atoms. The molecule has 0 aliphatic rings. The number of aliphatic hydroxyl groups excluding tert-OH is 1. The van der Waals surface area contributed by atoms with Crippen molar-refractivity contribution in [2.75, 3.05) is 11.9 Å². The molecule has 0 saturated carbocycles. The quantitative estimate of drug-likeness (QED) is 0.874. The minimum absolute atomic E-state index is 0.0212. The summed E-state index contributed by atoms with van der Waals surface area (Å²) in [4.78, 5) is 0. The molecule has 5 heteroatoms. The van der Waals surface area contributed by atoms with Gasteiger partial charge in [-0.05, 0) is 36.8 Å². The molecule has 106 valence electrons. The first-order chi connectivity index (χ1) is 9.49. The third kappa shape index (κ3) is 3.35. The third-order valence-corrected chi connectivity index (χ3v) is 3.86. The standard InChI is InChI=1S/C15H14BrF2NO/c1-9-5-6-10(7-11(9)16)19-8-14(20)15-12(17)3-2-4-13(15)18/h2-7,14,19-20H,8H2,1H3. The van der Waals surface area contributed by atoms with E-state index < -0.39 is 17.7 Å².